The Balaban J connectivity index is 0. The summed E-state index contributed by atoms with van der Waals surface area (Å²) in [5.41, 5.74) is 0. The van der Waals surface area contributed by atoms with Crippen LogP contribution < -0.4 is 0 Å². The van der Waals surface area contributed by atoms with E-state index in [1.165, 1.54) is 12.8 Å². The van der Waals surface area contributed by atoms with E-state index in [1.54, 1.807) is 0 Å². The van der Waals surface area contributed by atoms with Gasteiger partial charge in [0.15, 0.2) is 0 Å². The molecule has 0 saturated carbocycles. The summed E-state index contributed by atoms with van der Waals surface area (Å²) < 4.78 is 27.6. The molecule has 0 aliphatic carbocycles. The third-order valence-corrected chi connectivity index (χ3v) is 1.15. The quantitative estimate of drug-likeness (QED) is 0.483. The summed E-state index contributed by atoms with van der Waals surface area (Å²) in [6.45, 7) is -4.33. The third-order valence-electron chi connectivity index (χ3n) is 1.15. The summed E-state index contributed by atoms with van der Waals surface area (Å²) in [7, 11) is 0. The predicted molar refractivity (Wildman–Crippen MR) is 66.7 cm³/mol. The lowest BCUT2D eigenvalue weighted by molar-refractivity contribution is 0.0366. The average Bonchev–Trinajstić information content (AvgIpc) is 1.62. The van der Waals surface area contributed by atoms with Crippen molar-refractivity contribution in [1.29, 1.82) is 0 Å². The molecule has 0 amide bonds. The van der Waals surface area contributed by atoms with Crippen molar-refractivity contribution in [2.75, 3.05) is 26.4 Å². The van der Waals surface area contributed by atoms with Gasteiger partial charge in [0.1, 0.15) is 0 Å². The lowest BCUT2D eigenvalue weighted by Crippen LogP contribution is -2.09. The van der Waals surface area contributed by atoms with Crippen LogP contribution in [-0.4, -0.2) is 46.0 Å². The molecule has 0 aromatic carbocycles. The van der Waals surface area contributed by atoms with Gasteiger partial charge in [0.05, 0.1) is 0 Å². The number of halogens is 2. The summed E-state index contributed by atoms with van der Waals surface area (Å²) in [6.07, 6.45) is 2.56. The molecule has 4 N–H and O–H groups in total. The van der Waals surface area contributed by atoms with Crippen molar-refractivity contribution in [3.8, 4) is 0 Å². The fourth-order valence-electron chi connectivity index (χ4n) is 0.289. The summed E-state index contributed by atoms with van der Waals surface area (Å²) in [5.74, 6) is 0. The highest BCUT2D eigenvalue weighted by Crippen LogP contribution is 2.40. The Morgan fingerprint density at radius 2 is 0.778 bits per heavy atom. The molecule has 0 aromatic rings. The Labute approximate surface area is 114 Å². The molecule has 0 unspecified atom stereocenters. The largest absolute Gasteiger partial charge is 0.419 e. The minimum atomic E-state index is -4.17. The van der Waals surface area contributed by atoms with E-state index in [4.69, 9.17) is 38.2 Å². The molecule has 0 radical (unpaired) electrons. The zero-order valence-corrected chi connectivity index (χ0v) is 12.6. The standard InChI is InChI=1S/2C3H6O.2ClH2O3P/c2*1-2-4-3-1;2*1-5(2,3)4/h2*1-3H2;2*(H2,2,3,4). The highest BCUT2D eigenvalue weighted by atomic mass is 35.7. The molecule has 8 nitrogen and oxygen atoms in total. The first kappa shape index (κ1) is 21.1. The summed E-state index contributed by atoms with van der Waals surface area (Å²) in [4.78, 5) is 29.6. The zero-order valence-electron chi connectivity index (χ0n) is 9.31. The van der Waals surface area contributed by atoms with Gasteiger partial charge in [-0.2, -0.15) is 0 Å². The first-order valence-corrected chi connectivity index (χ1v) is 9.69. The summed E-state index contributed by atoms with van der Waals surface area (Å²) in [5, 5.41) is 0. The number of ether oxygens (including phenoxy) is 2. The van der Waals surface area contributed by atoms with Crippen LogP contribution in [0, 0.1) is 0 Å². The van der Waals surface area contributed by atoms with Gasteiger partial charge < -0.3 is 29.0 Å². The van der Waals surface area contributed by atoms with Crippen molar-refractivity contribution < 1.29 is 38.2 Å². The molecule has 0 aromatic heterocycles. The van der Waals surface area contributed by atoms with E-state index in [9.17, 15) is 0 Å². The second kappa shape index (κ2) is 11.6. The third kappa shape index (κ3) is 54.2. The Hall–Kier alpha value is 0.800. The molecule has 18 heavy (non-hydrogen) atoms. The Kier molecular flexibility index (Phi) is 13.6. The highest BCUT2D eigenvalue weighted by molar-refractivity contribution is 7.80. The van der Waals surface area contributed by atoms with Crippen LogP contribution in [0.1, 0.15) is 12.8 Å². The molecular formula is C6H16Cl2O8P2. The average molecular weight is 349 g/mol. The SMILES string of the molecule is C1COC1.C1COC1.O=P(O)(O)Cl.O=P(O)(O)Cl. The van der Waals surface area contributed by atoms with Crippen LogP contribution in [0.4, 0.5) is 0 Å². The monoisotopic (exact) mass is 348 g/mol. The van der Waals surface area contributed by atoms with Crippen LogP contribution >= 0.6 is 36.4 Å². The van der Waals surface area contributed by atoms with E-state index in [0.717, 1.165) is 26.4 Å². The van der Waals surface area contributed by atoms with Crippen LogP contribution in [0.15, 0.2) is 0 Å². The van der Waals surface area contributed by atoms with Gasteiger partial charge in [0.25, 0.3) is 0 Å². The molecule has 2 aliphatic heterocycles. The number of hydrogen-bond donors (Lipinski definition) is 4. The summed E-state index contributed by atoms with van der Waals surface area (Å²) in [6, 6.07) is 0. The fraction of sp³-hybridized carbons (Fsp3) is 1.00. The van der Waals surface area contributed by atoms with Gasteiger partial charge >= 0.3 is 13.9 Å². The van der Waals surface area contributed by atoms with Crippen molar-refractivity contribution in [3.63, 3.8) is 0 Å². The predicted octanol–water partition coefficient (Wildman–Crippen LogP) is 1.45. The first-order chi connectivity index (χ1) is 8.00. The molecule has 0 atom stereocenters. The molecule has 112 valence electrons. The Morgan fingerprint density at radius 1 is 0.722 bits per heavy atom. The number of rotatable bonds is 0. The van der Waals surface area contributed by atoms with Crippen molar-refractivity contribution in [2.24, 2.45) is 0 Å². The van der Waals surface area contributed by atoms with Crippen molar-refractivity contribution >= 4 is 36.4 Å². The van der Waals surface area contributed by atoms with Gasteiger partial charge in [-0.25, -0.2) is 9.13 Å². The maximum atomic E-state index is 9.09. The topological polar surface area (TPSA) is 134 Å². The fourth-order valence-corrected chi connectivity index (χ4v) is 0.289. The second-order valence-corrected chi connectivity index (χ2v) is 7.41. The van der Waals surface area contributed by atoms with Gasteiger partial charge in [0.2, 0.25) is 0 Å². The van der Waals surface area contributed by atoms with Crippen LogP contribution in [0.2, 0.25) is 0 Å². The van der Waals surface area contributed by atoms with E-state index in [1.807, 2.05) is 0 Å². The molecule has 0 bridgehead atoms. The molecular weight excluding hydrogens is 333 g/mol. The smallest absolute Gasteiger partial charge is 0.381 e. The van der Waals surface area contributed by atoms with E-state index >= 15 is 0 Å². The van der Waals surface area contributed by atoms with Crippen molar-refractivity contribution in [2.45, 2.75) is 12.8 Å². The first-order valence-electron chi connectivity index (χ1n) is 4.66. The molecule has 2 rings (SSSR count). The normalized spacial score (nSPS) is 17.2. The molecule has 2 fully saturated rings. The van der Waals surface area contributed by atoms with E-state index in [2.05, 4.69) is 22.5 Å². The Bertz CT molecular complexity index is 216. The Morgan fingerprint density at radius 3 is 0.778 bits per heavy atom. The van der Waals surface area contributed by atoms with Crippen LogP contribution in [0.5, 0.6) is 0 Å². The van der Waals surface area contributed by atoms with E-state index in [0.29, 0.717) is 0 Å². The molecule has 0 spiro atoms. The molecule has 2 saturated heterocycles. The van der Waals surface area contributed by atoms with Gasteiger partial charge in [0, 0.05) is 48.9 Å². The van der Waals surface area contributed by atoms with Gasteiger partial charge in [-0.3, -0.25) is 0 Å². The van der Waals surface area contributed by atoms with Crippen molar-refractivity contribution in [1.82, 2.24) is 0 Å². The summed E-state index contributed by atoms with van der Waals surface area (Å²) >= 11 is 8.39. The molecule has 2 heterocycles. The van der Waals surface area contributed by atoms with Crippen LogP contribution in [0.3, 0.4) is 0 Å². The van der Waals surface area contributed by atoms with Gasteiger partial charge in [-0.05, 0) is 12.8 Å². The van der Waals surface area contributed by atoms with Crippen molar-refractivity contribution in [3.05, 3.63) is 0 Å². The zero-order chi connectivity index (χ0) is 14.7. The highest BCUT2D eigenvalue weighted by Gasteiger charge is 2.01. The minimum Gasteiger partial charge on any atom is -0.381 e. The maximum absolute atomic E-state index is 9.09. The second-order valence-electron chi connectivity index (χ2n) is 2.88. The van der Waals surface area contributed by atoms with Crippen LogP contribution in [0.25, 0.3) is 0 Å². The van der Waals surface area contributed by atoms with E-state index < -0.39 is 13.9 Å². The lowest BCUT2D eigenvalue weighted by atomic mass is 10.4. The minimum absolute atomic E-state index is 1.00. The van der Waals surface area contributed by atoms with Crippen LogP contribution in [-0.2, 0) is 18.6 Å². The van der Waals surface area contributed by atoms with Gasteiger partial charge in [-0.1, -0.05) is 0 Å². The van der Waals surface area contributed by atoms with Gasteiger partial charge in [-0.15, -0.1) is 0 Å². The number of hydrogen-bond acceptors (Lipinski definition) is 4. The van der Waals surface area contributed by atoms with E-state index in [-0.39, 0.29) is 0 Å². The molecule has 2 aliphatic rings. The lowest BCUT2D eigenvalue weighted by Gasteiger charge is -2.09. The maximum Gasteiger partial charge on any atom is 0.419 e. The molecule has 12 heteroatoms.